The second-order valence-electron chi connectivity index (χ2n) is 19.5. The highest BCUT2D eigenvalue weighted by Crippen LogP contribution is 2.52. The lowest BCUT2D eigenvalue weighted by molar-refractivity contribution is -0.870. The number of halogens is 1. The van der Waals surface area contributed by atoms with Gasteiger partial charge in [-0.1, -0.05) is 118 Å². The Kier molecular flexibility index (Phi) is 10.7. The fourth-order valence-corrected chi connectivity index (χ4v) is 10.1. The highest BCUT2D eigenvalue weighted by Gasteiger charge is 2.44. The van der Waals surface area contributed by atoms with Gasteiger partial charge in [0.25, 0.3) is 0 Å². The van der Waals surface area contributed by atoms with E-state index in [0.29, 0.717) is 0 Å². The quantitative estimate of drug-likeness (QED) is 0.141. The molecule has 3 aliphatic rings. The molecule has 0 spiro atoms. The van der Waals surface area contributed by atoms with Gasteiger partial charge in [-0.25, -0.2) is 0 Å². The summed E-state index contributed by atoms with van der Waals surface area (Å²) in [6.45, 7) is 14.0. The van der Waals surface area contributed by atoms with E-state index in [9.17, 15) is 0 Å². The monoisotopic (exact) mass is 756 g/mol. The van der Waals surface area contributed by atoms with Crippen molar-refractivity contribution in [1.29, 1.82) is 0 Å². The molecule has 0 amide bonds. The van der Waals surface area contributed by atoms with Crippen LogP contribution >= 0.6 is 11.6 Å². The molecule has 5 heteroatoms. The van der Waals surface area contributed by atoms with Gasteiger partial charge >= 0.3 is 0 Å². The van der Waals surface area contributed by atoms with Crippen LogP contribution in [0, 0.1) is 0 Å². The van der Waals surface area contributed by atoms with Crippen LogP contribution in [-0.2, 0) is 10.8 Å². The molecular weight excluding hydrogens is 692 g/mol. The Hall–Kier alpha value is -3.83. The first-order valence-electron chi connectivity index (χ1n) is 20.7. The number of rotatable bonds is 11. The Balaban J connectivity index is 1.23. The molecule has 7 rings (SSSR count). The van der Waals surface area contributed by atoms with Crippen LogP contribution in [0.15, 0.2) is 119 Å². The van der Waals surface area contributed by atoms with E-state index in [1.54, 1.807) is 0 Å². The van der Waals surface area contributed by atoms with E-state index in [2.05, 4.69) is 177 Å². The minimum atomic E-state index is -0.139. The topological polar surface area (TPSA) is 6.48 Å². The van der Waals surface area contributed by atoms with Gasteiger partial charge in [0, 0.05) is 58.9 Å². The van der Waals surface area contributed by atoms with Crippen LogP contribution in [0.5, 0.6) is 0 Å². The first-order valence-corrected chi connectivity index (χ1v) is 21.0. The number of hydrogen-bond acceptors (Lipinski definition) is 2. The molecule has 55 heavy (non-hydrogen) atoms. The Bertz CT molecular complexity index is 2200. The maximum Gasteiger partial charge on any atom is 0.0797 e. The first kappa shape index (κ1) is 39.4. The van der Waals surface area contributed by atoms with Gasteiger partial charge in [-0.05, 0) is 81.3 Å². The fraction of sp³-hybridized carbons (Fsp3) is 0.440. The summed E-state index contributed by atoms with van der Waals surface area (Å²) in [5, 5.41) is 6.30. The molecule has 0 saturated heterocycles. The van der Waals surface area contributed by atoms with Crippen LogP contribution in [0.1, 0.15) is 70.9 Å². The Morgan fingerprint density at radius 2 is 1.27 bits per heavy atom. The summed E-state index contributed by atoms with van der Waals surface area (Å²) in [6.07, 6.45) is 15.0. The highest BCUT2D eigenvalue weighted by molar-refractivity contribution is 6.32. The molecular formula is C50H65ClN4+2. The lowest BCUT2D eigenvalue weighted by Gasteiger charge is -2.33. The number of allylic oxidation sites excluding steroid dienone is 7. The lowest BCUT2D eigenvalue weighted by atomic mass is 9.78. The smallest absolute Gasteiger partial charge is 0.0797 e. The average molecular weight is 758 g/mol. The summed E-state index contributed by atoms with van der Waals surface area (Å²) in [5.41, 5.74) is 9.33. The third-order valence-electron chi connectivity index (χ3n) is 12.5. The number of quaternary nitrogens is 2. The highest BCUT2D eigenvalue weighted by atomic mass is 35.5. The molecule has 0 radical (unpaired) electrons. The number of nitrogens with zero attached hydrogens (tertiary/aromatic N) is 4. The third kappa shape index (κ3) is 7.80. The summed E-state index contributed by atoms with van der Waals surface area (Å²) in [7, 11) is 13.8. The van der Waals surface area contributed by atoms with E-state index in [1.807, 2.05) is 0 Å². The minimum Gasteiger partial charge on any atom is -0.364 e. The Labute approximate surface area is 337 Å². The lowest BCUT2D eigenvalue weighted by Crippen LogP contribution is -2.42. The molecule has 4 aromatic carbocycles. The summed E-state index contributed by atoms with van der Waals surface area (Å²) < 4.78 is 1.94. The van der Waals surface area contributed by atoms with Gasteiger partial charge < -0.3 is 18.8 Å². The van der Waals surface area contributed by atoms with Crippen molar-refractivity contribution in [2.45, 2.75) is 76.7 Å². The standard InChI is InChI=1S/C50H65ClN4/c1-49(2)44(52(32-16-34-54(5,6)7)42-28-24-36-18-11-13-22-40(36)46(42)49)30-26-38-20-15-21-39(48(38)51)27-31-45-50(3,4)47-41-23-14-12-19-37(41)25-29-43(47)53(45)33-17-35-55(8,9)10/h11-14,18-19,22-31,44H,15-17,20-21,32-35H2,1-10H3/q+2. The Morgan fingerprint density at radius 1 is 0.691 bits per heavy atom. The SMILES string of the molecule is CC1(C)C(=CC=C2CCCC(C=CC3N(CCC[N+](C)(C)C)c4ccc5ccccc5c4C3(C)C)=C2Cl)N(CCC[N+](C)(C)C)c2ccc3ccccc3c21. The maximum absolute atomic E-state index is 7.44. The first-order chi connectivity index (χ1) is 26.0. The van der Waals surface area contributed by atoms with Gasteiger partial charge in [0.05, 0.1) is 61.4 Å². The maximum atomic E-state index is 7.44. The zero-order chi connectivity index (χ0) is 39.3. The van der Waals surface area contributed by atoms with Gasteiger partial charge in [0.15, 0.2) is 0 Å². The number of hydrogen-bond donors (Lipinski definition) is 0. The van der Waals surface area contributed by atoms with E-state index in [1.165, 1.54) is 60.9 Å². The van der Waals surface area contributed by atoms with Crippen molar-refractivity contribution in [2.24, 2.45) is 0 Å². The molecule has 4 nitrogen and oxygen atoms in total. The van der Waals surface area contributed by atoms with Crippen molar-refractivity contribution < 1.29 is 8.97 Å². The Morgan fingerprint density at radius 3 is 1.91 bits per heavy atom. The van der Waals surface area contributed by atoms with Crippen molar-refractivity contribution in [3.63, 3.8) is 0 Å². The molecule has 4 aromatic rings. The van der Waals surface area contributed by atoms with Crippen LogP contribution in [0.3, 0.4) is 0 Å². The van der Waals surface area contributed by atoms with Gasteiger partial charge in [-0.3, -0.25) is 0 Å². The summed E-state index contributed by atoms with van der Waals surface area (Å²) in [5.74, 6) is 0. The van der Waals surface area contributed by atoms with Crippen molar-refractivity contribution in [2.75, 3.05) is 78.3 Å². The zero-order valence-corrected chi connectivity index (χ0v) is 36.1. The third-order valence-corrected chi connectivity index (χ3v) is 13.0. The van der Waals surface area contributed by atoms with Crippen LogP contribution in [0.4, 0.5) is 11.4 Å². The molecule has 0 saturated carbocycles. The minimum absolute atomic E-state index is 0.0589. The average Bonchev–Trinajstić information content (AvgIpc) is 3.47. The predicted octanol–water partition coefficient (Wildman–Crippen LogP) is 11.5. The summed E-state index contributed by atoms with van der Waals surface area (Å²) in [4.78, 5) is 5.29. The van der Waals surface area contributed by atoms with Crippen LogP contribution in [0.2, 0.25) is 0 Å². The van der Waals surface area contributed by atoms with E-state index >= 15 is 0 Å². The van der Waals surface area contributed by atoms with Crippen molar-refractivity contribution in [1.82, 2.24) is 0 Å². The molecule has 2 heterocycles. The van der Waals surface area contributed by atoms with Crippen molar-refractivity contribution >= 4 is 44.5 Å². The van der Waals surface area contributed by atoms with E-state index in [-0.39, 0.29) is 16.9 Å². The van der Waals surface area contributed by atoms with E-state index < -0.39 is 0 Å². The number of fused-ring (bicyclic) bond motifs is 6. The van der Waals surface area contributed by atoms with Gasteiger partial charge in [0.1, 0.15) is 0 Å². The molecule has 1 atom stereocenters. The van der Waals surface area contributed by atoms with Crippen LogP contribution in [0.25, 0.3) is 21.5 Å². The zero-order valence-electron chi connectivity index (χ0n) is 35.3. The molecule has 0 aromatic heterocycles. The molecule has 0 bridgehead atoms. The number of benzene rings is 4. The molecule has 1 aliphatic carbocycles. The molecule has 2 aliphatic heterocycles. The molecule has 0 fully saturated rings. The summed E-state index contributed by atoms with van der Waals surface area (Å²) in [6, 6.07) is 27.4. The largest absolute Gasteiger partial charge is 0.364 e. The molecule has 1 unspecified atom stereocenters. The molecule has 0 N–H and O–H groups in total. The summed E-state index contributed by atoms with van der Waals surface area (Å²) >= 11 is 7.44. The van der Waals surface area contributed by atoms with Crippen molar-refractivity contribution in [3.8, 4) is 0 Å². The molecule has 290 valence electrons. The van der Waals surface area contributed by atoms with Gasteiger partial charge in [0.2, 0.25) is 0 Å². The van der Waals surface area contributed by atoms with Gasteiger partial charge in [-0.15, -0.1) is 0 Å². The van der Waals surface area contributed by atoms with E-state index in [4.69, 9.17) is 11.6 Å². The van der Waals surface area contributed by atoms with Crippen LogP contribution < -0.4 is 9.80 Å². The van der Waals surface area contributed by atoms with E-state index in [0.717, 1.165) is 72.3 Å². The van der Waals surface area contributed by atoms with Crippen molar-refractivity contribution in [3.05, 3.63) is 130 Å². The fourth-order valence-electron chi connectivity index (χ4n) is 9.76. The predicted molar refractivity (Wildman–Crippen MR) is 239 cm³/mol. The second kappa shape index (κ2) is 14.9. The normalized spacial score (nSPS) is 21.2. The van der Waals surface area contributed by atoms with Gasteiger partial charge in [-0.2, -0.15) is 0 Å². The van der Waals surface area contributed by atoms with Crippen LogP contribution in [-0.4, -0.2) is 83.5 Å². The second-order valence-corrected chi connectivity index (χ2v) is 19.9. The number of anilines is 2.